The fourth-order valence-electron chi connectivity index (χ4n) is 4.36. The van der Waals surface area contributed by atoms with E-state index in [1.807, 2.05) is 0 Å². The fraction of sp³-hybridized carbons (Fsp3) is 0.400. The van der Waals surface area contributed by atoms with Gasteiger partial charge in [0, 0.05) is 18.3 Å². The van der Waals surface area contributed by atoms with E-state index in [0.717, 1.165) is 48.8 Å². The Balaban J connectivity index is 1.58. The topological polar surface area (TPSA) is 40.2 Å². The lowest BCUT2D eigenvalue weighted by atomic mass is 9.84. The largest absolute Gasteiger partial charge is 0.493 e. The van der Waals surface area contributed by atoms with Gasteiger partial charge < -0.3 is 23.8 Å². The molecule has 0 N–H and O–H groups in total. The molecule has 25 heavy (non-hydrogen) atoms. The maximum atomic E-state index is 5.60. The zero-order valence-corrected chi connectivity index (χ0v) is 14.5. The molecule has 130 valence electrons. The van der Waals surface area contributed by atoms with Crippen LogP contribution in [-0.4, -0.2) is 27.6 Å². The van der Waals surface area contributed by atoms with Crippen LogP contribution in [0.25, 0.3) is 0 Å². The number of anilines is 1. The van der Waals surface area contributed by atoms with E-state index in [1.165, 1.54) is 22.4 Å². The molecule has 3 heterocycles. The first-order valence-electron chi connectivity index (χ1n) is 8.72. The van der Waals surface area contributed by atoms with E-state index in [1.54, 1.807) is 14.2 Å². The molecule has 5 nitrogen and oxygen atoms in total. The van der Waals surface area contributed by atoms with Gasteiger partial charge in [-0.25, -0.2) is 0 Å². The Bertz CT molecular complexity index is 848. The molecule has 0 bridgehead atoms. The van der Waals surface area contributed by atoms with Crippen LogP contribution >= 0.6 is 0 Å². The second-order valence-electron chi connectivity index (χ2n) is 6.74. The van der Waals surface area contributed by atoms with Crippen LogP contribution < -0.4 is 23.8 Å². The average Bonchev–Trinajstić information content (AvgIpc) is 3.11. The lowest BCUT2D eigenvalue weighted by Gasteiger charge is -2.43. The molecule has 1 unspecified atom stereocenters. The summed E-state index contributed by atoms with van der Waals surface area (Å²) in [7, 11) is 3.38. The first-order valence-corrected chi connectivity index (χ1v) is 8.72. The molecule has 0 saturated carbocycles. The van der Waals surface area contributed by atoms with Gasteiger partial charge in [-0.2, -0.15) is 0 Å². The minimum absolute atomic E-state index is 0.326. The normalized spacial score (nSPS) is 19.8. The molecular formula is C20H21NO4. The quantitative estimate of drug-likeness (QED) is 0.838. The van der Waals surface area contributed by atoms with Crippen LogP contribution in [0, 0.1) is 0 Å². The molecule has 0 saturated heterocycles. The monoisotopic (exact) mass is 339 g/mol. The lowest BCUT2D eigenvalue weighted by Crippen LogP contribution is -2.38. The van der Waals surface area contributed by atoms with Crippen molar-refractivity contribution >= 4 is 5.69 Å². The molecular weight excluding hydrogens is 318 g/mol. The number of nitrogens with zero attached hydrogens (tertiary/aromatic N) is 1. The summed E-state index contributed by atoms with van der Waals surface area (Å²) in [6.45, 7) is 1.33. The van der Waals surface area contributed by atoms with Crippen molar-refractivity contribution in [2.45, 2.75) is 25.3 Å². The molecule has 3 aliphatic heterocycles. The van der Waals surface area contributed by atoms with Crippen molar-refractivity contribution in [3.05, 3.63) is 41.0 Å². The predicted octanol–water partition coefficient (Wildman–Crippen LogP) is 3.48. The SMILES string of the molecule is COc1cc2c(cc1OC)N1CCc3cc4c(cc3C1CC2)OCO4. The predicted molar refractivity (Wildman–Crippen MR) is 94.2 cm³/mol. The van der Waals surface area contributed by atoms with E-state index in [2.05, 4.69) is 29.2 Å². The number of methoxy groups -OCH3 is 2. The van der Waals surface area contributed by atoms with Crippen molar-refractivity contribution in [2.75, 3.05) is 32.5 Å². The molecule has 0 aliphatic carbocycles. The third-order valence-corrected chi connectivity index (χ3v) is 5.57. The minimum Gasteiger partial charge on any atom is -0.493 e. The van der Waals surface area contributed by atoms with Crippen molar-refractivity contribution < 1.29 is 18.9 Å². The van der Waals surface area contributed by atoms with Crippen LogP contribution in [-0.2, 0) is 12.8 Å². The Morgan fingerprint density at radius 3 is 2.48 bits per heavy atom. The standard InChI is InChI=1S/C20H21NO4/c1-22-17-8-13-3-4-15-14-9-20-19(24-11-25-20)7-12(14)5-6-21(15)16(13)10-18(17)23-2/h7-10,15H,3-6,11H2,1-2H3. The minimum atomic E-state index is 0.326. The number of hydrogen-bond donors (Lipinski definition) is 0. The number of benzene rings is 2. The summed E-state index contributed by atoms with van der Waals surface area (Å²) in [5, 5.41) is 0. The van der Waals surface area contributed by atoms with Gasteiger partial charge in [0.25, 0.3) is 0 Å². The van der Waals surface area contributed by atoms with Gasteiger partial charge in [0.1, 0.15) is 0 Å². The Morgan fingerprint density at radius 1 is 0.920 bits per heavy atom. The van der Waals surface area contributed by atoms with Gasteiger partial charge in [-0.1, -0.05) is 0 Å². The number of fused-ring (bicyclic) bond motifs is 6. The highest BCUT2D eigenvalue weighted by molar-refractivity contribution is 5.66. The van der Waals surface area contributed by atoms with Gasteiger partial charge in [-0.15, -0.1) is 0 Å². The van der Waals surface area contributed by atoms with Crippen LogP contribution in [0.1, 0.15) is 29.2 Å². The fourth-order valence-corrected chi connectivity index (χ4v) is 4.36. The molecule has 2 aromatic rings. The lowest BCUT2D eigenvalue weighted by molar-refractivity contribution is 0.174. The zero-order valence-electron chi connectivity index (χ0n) is 14.5. The van der Waals surface area contributed by atoms with Crippen molar-refractivity contribution in [3.8, 4) is 23.0 Å². The van der Waals surface area contributed by atoms with Crippen LogP contribution in [0.4, 0.5) is 5.69 Å². The Hall–Kier alpha value is -2.56. The maximum Gasteiger partial charge on any atom is 0.231 e. The summed E-state index contributed by atoms with van der Waals surface area (Å²) in [5.74, 6) is 3.35. The Labute approximate surface area is 147 Å². The van der Waals surface area contributed by atoms with Gasteiger partial charge in [0.15, 0.2) is 23.0 Å². The van der Waals surface area contributed by atoms with Crippen LogP contribution in [0.15, 0.2) is 24.3 Å². The molecule has 1 atom stereocenters. The van der Waals surface area contributed by atoms with Gasteiger partial charge in [-0.05, 0) is 54.2 Å². The van der Waals surface area contributed by atoms with Crippen LogP contribution in [0.2, 0.25) is 0 Å². The summed E-state index contributed by atoms with van der Waals surface area (Å²) < 4.78 is 22.1. The molecule has 2 aromatic carbocycles. The third-order valence-electron chi connectivity index (χ3n) is 5.57. The second-order valence-corrected chi connectivity index (χ2v) is 6.74. The zero-order chi connectivity index (χ0) is 17.0. The molecule has 0 fully saturated rings. The van der Waals surface area contributed by atoms with E-state index in [0.29, 0.717) is 12.8 Å². The summed E-state index contributed by atoms with van der Waals surface area (Å²) in [4.78, 5) is 2.51. The molecule has 0 aromatic heterocycles. The van der Waals surface area contributed by atoms with E-state index in [9.17, 15) is 0 Å². The van der Waals surface area contributed by atoms with Crippen molar-refractivity contribution in [2.24, 2.45) is 0 Å². The van der Waals surface area contributed by atoms with E-state index in [-0.39, 0.29) is 0 Å². The Kier molecular flexibility index (Phi) is 3.23. The average molecular weight is 339 g/mol. The van der Waals surface area contributed by atoms with Crippen molar-refractivity contribution in [3.63, 3.8) is 0 Å². The summed E-state index contributed by atoms with van der Waals surface area (Å²) >= 11 is 0. The number of hydrogen-bond acceptors (Lipinski definition) is 5. The second kappa shape index (κ2) is 5.48. The highest BCUT2D eigenvalue weighted by atomic mass is 16.7. The molecule has 5 rings (SSSR count). The highest BCUT2D eigenvalue weighted by Crippen LogP contribution is 2.48. The summed E-state index contributed by atoms with van der Waals surface area (Å²) in [5.41, 5.74) is 5.35. The molecule has 5 heteroatoms. The summed E-state index contributed by atoms with van der Waals surface area (Å²) in [6, 6.07) is 8.97. The van der Waals surface area contributed by atoms with Crippen molar-refractivity contribution in [1.82, 2.24) is 0 Å². The maximum absolute atomic E-state index is 5.60. The van der Waals surface area contributed by atoms with Gasteiger partial charge in [-0.3, -0.25) is 0 Å². The van der Waals surface area contributed by atoms with Crippen molar-refractivity contribution in [1.29, 1.82) is 0 Å². The van der Waals surface area contributed by atoms with E-state index < -0.39 is 0 Å². The molecule has 0 radical (unpaired) electrons. The summed E-state index contributed by atoms with van der Waals surface area (Å²) in [6.07, 6.45) is 3.14. The first-order chi connectivity index (χ1) is 12.3. The molecule has 0 spiro atoms. The number of ether oxygens (including phenoxy) is 4. The first kappa shape index (κ1) is 14.8. The number of aryl methyl sites for hydroxylation is 1. The molecule has 3 aliphatic rings. The van der Waals surface area contributed by atoms with Gasteiger partial charge in [0.05, 0.1) is 20.3 Å². The van der Waals surface area contributed by atoms with Crippen LogP contribution in [0.3, 0.4) is 0 Å². The van der Waals surface area contributed by atoms with E-state index in [4.69, 9.17) is 18.9 Å². The highest BCUT2D eigenvalue weighted by Gasteiger charge is 2.34. The van der Waals surface area contributed by atoms with Gasteiger partial charge >= 0.3 is 0 Å². The smallest absolute Gasteiger partial charge is 0.231 e. The van der Waals surface area contributed by atoms with Crippen LogP contribution in [0.5, 0.6) is 23.0 Å². The van der Waals surface area contributed by atoms with E-state index >= 15 is 0 Å². The third kappa shape index (κ3) is 2.15. The van der Waals surface area contributed by atoms with Gasteiger partial charge in [0.2, 0.25) is 6.79 Å². The Morgan fingerprint density at radius 2 is 1.68 bits per heavy atom. The molecule has 0 amide bonds. The number of rotatable bonds is 2.